The highest BCUT2D eigenvalue weighted by atomic mass is 32.1. The molecule has 3 aromatic rings. The maximum absolute atomic E-state index is 12.3. The molecule has 6 nitrogen and oxygen atoms in total. The van der Waals surface area contributed by atoms with E-state index in [1.165, 1.54) is 11.3 Å². The van der Waals surface area contributed by atoms with Crippen LogP contribution in [0.15, 0.2) is 48.5 Å². The Balaban J connectivity index is 1.46. The SMILES string of the molecule is Cc1sc(NC(=O)CCc2ccccc2)nc1-c1ccc2c(c1)NC(=O)CO2. The number of hydrogen-bond donors (Lipinski definition) is 2. The fraction of sp³-hybridized carbons (Fsp3) is 0.190. The average molecular weight is 393 g/mol. The van der Waals surface area contributed by atoms with Gasteiger partial charge in [-0.1, -0.05) is 30.3 Å². The summed E-state index contributed by atoms with van der Waals surface area (Å²) >= 11 is 1.44. The van der Waals surface area contributed by atoms with Crippen molar-refractivity contribution >= 4 is 34.0 Å². The third-order valence-electron chi connectivity index (χ3n) is 4.41. The number of ether oxygens (including phenoxy) is 1. The second-order valence-corrected chi connectivity index (χ2v) is 7.71. The fourth-order valence-electron chi connectivity index (χ4n) is 3.03. The van der Waals surface area contributed by atoms with Crippen LogP contribution >= 0.6 is 11.3 Å². The summed E-state index contributed by atoms with van der Waals surface area (Å²) in [5.41, 5.74) is 3.41. The minimum absolute atomic E-state index is 0.0290. The summed E-state index contributed by atoms with van der Waals surface area (Å²) < 4.78 is 5.39. The van der Waals surface area contributed by atoms with Crippen LogP contribution in [-0.2, 0) is 16.0 Å². The molecule has 0 saturated heterocycles. The van der Waals surface area contributed by atoms with Crippen molar-refractivity contribution in [1.82, 2.24) is 4.98 Å². The van der Waals surface area contributed by atoms with Crippen LogP contribution in [-0.4, -0.2) is 23.4 Å². The number of thiazole rings is 1. The molecule has 7 heteroatoms. The summed E-state index contributed by atoms with van der Waals surface area (Å²) in [6.45, 7) is 1.99. The van der Waals surface area contributed by atoms with Gasteiger partial charge in [0.25, 0.3) is 5.91 Å². The minimum Gasteiger partial charge on any atom is -0.482 e. The van der Waals surface area contributed by atoms with Gasteiger partial charge in [0.2, 0.25) is 5.91 Å². The number of nitrogens with one attached hydrogen (secondary N) is 2. The van der Waals surface area contributed by atoms with E-state index in [0.29, 0.717) is 29.4 Å². The van der Waals surface area contributed by atoms with Crippen LogP contribution in [0.5, 0.6) is 5.75 Å². The first-order chi connectivity index (χ1) is 13.6. The quantitative estimate of drug-likeness (QED) is 0.686. The van der Waals surface area contributed by atoms with E-state index in [4.69, 9.17) is 4.74 Å². The second-order valence-electron chi connectivity index (χ2n) is 6.51. The van der Waals surface area contributed by atoms with Crippen LogP contribution in [0, 0.1) is 6.92 Å². The topological polar surface area (TPSA) is 80.3 Å². The standard InChI is InChI=1S/C21H19N3O3S/c1-13-20(15-8-9-17-16(11-15)22-19(26)12-27-17)24-21(28-13)23-18(25)10-7-14-5-3-2-4-6-14/h2-6,8-9,11H,7,10,12H2,1H3,(H,22,26)(H,23,24,25). The first kappa shape index (κ1) is 18.2. The van der Waals surface area contributed by atoms with E-state index in [0.717, 1.165) is 21.7 Å². The fourth-order valence-corrected chi connectivity index (χ4v) is 3.88. The van der Waals surface area contributed by atoms with E-state index in [1.807, 2.05) is 55.5 Å². The molecule has 0 spiro atoms. The number of carbonyl (C=O) groups is 2. The summed E-state index contributed by atoms with van der Waals surface area (Å²) in [5, 5.41) is 6.26. The van der Waals surface area contributed by atoms with Crippen LogP contribution in [0.4, 0.5) is 10.8 Å². The van der Waals surface area contributed by atoms with Gasteiger partial charge in [-0.2, -0.15) is 0 Å². The molecular weight excluding hydrogens is 374 g/mol. The van der Waals surface area contributed by atoms with Gasteiger partial charge >= 0.3 is 0 Å². The van der Waals surface area contributed by atoms with Crippen LogP contribution in [0.2, 0.25) is 0 Å². The molecule has 142 valence electrons. The number of nitrogens with zero attached hydrogens (tertiary/aromatic N) is 1. The lowest BCUT2D eigenvalue weighted by atomic mass is 10.1. The van der Waals surface area contributed by atoms with Crippen molar-refractivity contribution in [3.05, 3.63) is 59.0 Å². The van der Waals surface area contributed by atoms with Gasteiger partial charge in [0.1, 0.15) is 5.75 Å². The lowest BCUT2D eigenvalue weighted by Gasteiger charge is -2.18. The van der Waals surface area contributed by atoms with Gasteiger partial charge < -0.3 is 15.4 Å². The monoisotopic (exact) mass is 393 g/mol. The molecule has 0 radical (unpaired) electrons. The lowest BCUT2D eigenvalue weighted by Crippen LogP contribution is -2.25. The van der Waals surface area contributed by atoms with Crippen molar-refractivity contribution in [2.45, 2.75) is 19.8 Å². The molecule has 0 fully saturated rings. The second kappa shape index (κ2) is 7.82. The average Bonchev–Trinajstić information content (AvgIpc) is 3.06. The third kappa shape index (κ3) is 4.04. The number of anilines is 2. The molecule has 0 atom stereocenters. The zero-order valence-corrected chi connectivity index (χ0v) is 16.1. The Bertz CT molecular complexity index is 1030. The first-order valence-electron chi connectivity index (χ1n) is 8.97. The highest BCUT2D eigenvalue weighted by molar-refractivity contribution is 7.16. The van der Waals surface area contributed by atoms with Gasteiger partial charge in [-0.15, -0.1) is 11.3 Å². The maximum atomic E-state index is 12.3. The Morgan fingerprint density at radius 1 is 1.25 bits per heavy atom. The Morgan fingerprint density at radius 2 is 2.07 bits per heavy atom. The van der Waals surface area contributed by atoms with E-state index < -0.39 is 0 Å². The Labute approximate surface area is 166 Å². The molecule has 4 rings (SSSR count). The molecule has 2 amide bonds. The molecule has 0 bridgehead atoms. The zero-order chi connectivity index (χ0) is 19.5. The summed E-state index contributed by atoms with van der Waals surface area (Å²) in [5.74, 6) is 0.409. The van der Waals surface area contributed by atoms with Crippen molar-refractivity contribution in [2.24, 2.45) is 0 Å². The Kier molecular flexibility index (Phi) is 5.08. The molecule has 0 unspecified atom stereocenters. The number of fused-ring (bicyclic) bond motifs is 1. The Morgan fingerprint density at radius 3 is 2.89 bits per heavy atom. The van der Waals surface area contributed by atoms with Crippen LogP contribution in [0.1, 0.15) is 16.9 Å². The van der Waals surface area contributed by atoms with Crippen LogP contribution < -0.4 is 15.4 Å². The van der Waals surface area contributed by atoms with Crippen molar-refractivity contribution in [1.29, 1.82) is 0 Å². The van der Waals surface area contributed by atoms with Gasteiger partial charge in [0.05, 0.1) is 11.4 Å². The van der Waals surface area contributed by atoms with Crippen LogP contribution in [0.25, 0.3) is 11.3 Å². The number of rotatable bonds is 5. The van der Waals surface area contributed by atoms with Gasteiger partial charge in [-0.05, 0) is 37.1 Å². The van der Waals surface area contributed by atoms with Gasteiger partial charge in [-0.3, -0.25) is 9.59 Å². The predicted molar refractivity (Wildman–Crippen MR) is 110 cm³/mol. The van der Waals surface area contributed by atoms with E-state index >= 15 is 0 Å². The number of hydrogen-bond acceptors (Lipinski definition) is 5. The number of carbonyl (C=O) groups excluding carboxylic acids is 2. The largest absolute Gasteiger partial charge is 0.482 e. The molecule has 0 aliphatic carbocycles. The van der Waals surface area contributed by atoms with Crippen molar-refractivity contribution in [2.75, 3.05) is 17.2 Å². The zero-order valence-electron chi connectivity index (χ0n) is 15.3. The first-order valence-corrected chi connectivity index (χ1v) is 9.78. The summed E-state index contributed by atoms with van der Waals surface area (Å²) in [6, 6.07) is 15.5. The molecule has 1 aliphatic heterocycles. The normalized spacial score (nSPS) is 12.7. The van der Waals surface area contributed by atoms with E-state index in [2.05, 4.69) is 15.6 Å². The summed E-state index contributed by atoms with van der Waals surface area (Å²) in [7, 11) is 0. The van der Waals surface area contributed by atoms with Gasteiger partial charge in [0, 0.05) is 16.9 Å². The Hall–Kier alpha value is -3.19. The number of aromatic nitrogens is 1. The summed E-state index contributed by atoms with van der Waals surface area (Å²) in [6.07, 6.45) is 1.09. The predicted octanol–water partition coefficient (Wildman–Crippen LogP) is 4.02. The van der Waals surface area contributed by atoms with Crippen LogP contribution in [0.3, 0.4) is 0 Å². The molecule has 1 aliphatic rings. The smallest absolute Gasteiger partial charge is 0.262 e. The van der Waals surface area contributed by atoms with E-state index in [-0.39, 0.29) is 18.4 Å². The van der Waals surface area contributed by atoms with Crippen molar-refractivity contribution in [3.63, 3.8) is 0 Å². The molecule has 0 saturated carbocycles. The molecule has 2 aromatic carbocycles. The molecule has 2 heterocycles. The van der Waals surface area contributed by atoms with E-state index in [9.17, 15) is 9.59 Å². The lowest BCUT2D eigenvalue weighted by molar-refractivity contribution is -0.118. The molecular formula is C21H19N3O3S. The van der Waals surface area contributed by atoms with Gasteiger partial charge in [0.15, 0.2) is 11.7 Å². The molecule has 28 heavy (non-hydrogen) atoms. The molecule has 2 N–H and O–H groups in total. The number of benzene rings is 2. The highest BCUT2D eigenvalue weighted by Gasteiger charge is 2.18. The maximum Gasteiger partial charge on any atom is 0.262 e. The molecule has 1 aromatic heterocycles. The summed E-state index contributed by atoms with van der Waals surface area (Å²) in [4.78, 5) is 29.4. The number of amides is 2. The van der Waals surface area contributed by atoms with E-state index in [1.54, 1.807) is 0 Å². The van der Waals surface area contributed by atoms with Gasteiger partial charge in [-0.25, -0.2) is 4.98 Å². The highest BCUT2D eigenvalue weighted by Crippen LogP contribution is 2.36. The minimum atomic E-state index is -0.175. The van der Waals surface area contributed by atoms with Crippen molar-refractivity contribution in [3.8, 4) is 17.0 Å². The third-order valence-corrected chi connectivity index (χ3v) is 5.30. The number of aryl methyl sites for hydroxylation is 2. The van der Waals surface area contributed by atoms with Crippen molar-refractivity contribution < 1.29 is 14.3 Å².